The van der Waals surface area contributed by atoms with Crippen LogP contribution in [0.15, 0.2) is 24.3 Å². The number of imide groups is 1. The number of hydrogen-bond donors (Lipinski definition) is 2. The molecule has 0 fully saturated rings. The molecule has 1 aromatic carbocycles. The summed E-state index contributed by atoms with van der Waals surface area (Å²) in [5.74, 6) is -1.82. The summed E-state index contributed by atoms with van der Waals surface area (Å²) in [5, 5.41) is 12.3. The van der Waals surface area contributed by atoms with Crippen molar-refractivity contribution in [1.29, 1.82) is 0 Å². The highest BCUT2D eigenvalue weighted by Gasteiger charge is 2.21. The number of ether oxygens (including phenoxy) is 1. The Kier molecular flexibility index (Phi) is 4.73. The molecule has 3 N–H and O–H groups in total. The van der Waals surface area contributed by atoms with Crippen LogP contribution in [-0.4, -0.2) is 28.9 Å². The van der Waals surface area contributed by atoms with Crippen LogP contribution >= 0.6 is 0 Å². The van der Waals surface area contributed by atoms with Gasteiger partial charge in [0.2, 0.25) is 0 Å². The molecular formula is C11H11N3O6. The standard InChI is InChI=1S/C11H11N3O6/c1-6(9(15)13-11(12)17)20-10(16)7-3-2-4-8(5-7)14(18)19/h2-6H,1H3,(H3,12,13,15,17)/t6-/m0/s1. The highest BCUT2D eigenvalue weighted by molar-refractivity contribution is 5.98. The van der Waals surface area contributed by atoms with E-state index in [9.17, 15) is 24.5 Å². The molecule has 0 saturated heterocycles. The second-order valence-electron chi connectivity index (χ2n) is 3.71. The van der Waals surface area contributed by atoms with Crippen LogP contribution in [0.1, 0.15) is 17.3 Å². The van der Waals surface area contributed by atoms with Crippen LogP contribution < -0.4 is 11.1 Å². The molecule has 1 rings (SSSR count). The highest BCUT2D eigenvalue weighted by atomic mass is 16.6. The second-order valence-corrected chi connectivity index (χ2v) is 3.71. The molecule has 0 unspecified atom stereocenters. The fraction of sp³-hybridized carbons (Fsp3) is 0.182. The van der Waals surface area contributed by atoms with E-state index in [-0.39, 0.29) is 11.3 Å². The first-order valence-corrected chi connectivity index (χ1v) is 5.37. The number of hydrogen-bond acceptors (Lipinski definition) is 6. The van der Waals surface area contributed by atoms with Crippen molar-refractivity contribution in [3.8, 4) is 0 Å². The molecule has 0 aromatic heterocycles. The van der Waals surface area contributed by atoms with Gasteiger partial charge in [0.25, 0.3) is 11.6 Å². The number of non-ortho nitro benzene ring substituents is 1. The number of urea groups is 1. The third-order valence-corrected chi connectivity index (χ3v) is 2.19. The lowest BCUT2D eigenvalue weighted by atomic mass is 10.2. The van der Waals surface area contributed by atoms with Gasteiger partial charge in [-0.25, -0.2) is 9.59 Å². The Morgan fingerprint density at radius 2 is 2.05 bits per heavy atom. The average Bonchev–Trinajstić information content (AvgIpc) is 2.37. The number of nitrogens with one attached hydrogen (secondary N) is 1. The summed E-state index contributed by atoms with van der Waals surface area (Å²) in [5.41, 5.74) is 4.37. The van der Waals surface area contributed by atoms with Gasteiger partial charge in [0.05, 0.1) is 10.5 Å². The van der Waals surface area contributed by atoms with Gasteiger partial charge in [-0.05, 0) is 13.0 Å². The largest absolute Gasteiger partial charge is 0.449 e. The molecule has 0 spiro atoms. The summed E-state index contributed by atoms with van der Waals surface area (Å²) in [6, 6.07) is 3.76. The molecule has 0 heterocycles. The van der Waals surface area contributed by atoms with Crippen LogP contribution in [0.3, 0.4) is 0 Å². The zero-order chi connectivity index (χ0) is 15.3. The fourth-order valence-corrected chi connectivity index (χ4v) is 1.25. The monoisotopic (exact) mass is 281 g/mol. The van der Waals surface area contributed by atoms with Crippen LogP contribution in [0.4, 0.5) is 10.5 Å². The zero-order valence-electron chi connectivity index (χ0n) is 10.4. The summed E-state index contributed by atoms with van der Waals surface area (Å²) >= 11 is 0. The number of carbonyl (C=O) groups excluding carboxylic acids is 3. The maximum absolute atomic E-state index is 11.7. The summed E-state index contributed by atoms with van der Waals surface area (Å²) in [7, 11) is 0. The minimum absolute atomic E-state index is 0.0853. The first kappa shape index (κ1) is 15.1. The van der Waals surface area contributed by atoms with E-state index in [1.807, 2.05) is 0 Å². The minimum atomic E-state index is -1.27. The van der Waals surface area contributed by atoms with Crippen molar-refractivity contribution in [2.24, 2.45) is 5.73 Å². The van der Waals surface area contributed by atoms with E-state index >= 15 is 0 Å². The van der Waals surface area contributed by atoms with Gasteiger partial charge in [0.15, 0.2) is 6.10 Å². The van der Waals surface area contributed by atoms with Gasteiger partial charge in [-0.1, -0.05) is 6.07 Å². The number of nitrogens with two attached hydrogens (primary N) is 1. The minimum Gasteiger partial charge on any atom is -0.449 e. The first-order chi connectivity index (χ1) is 9.31. The molecule has 9 nitrogen and oxygen atoms in total. The summed E-state index contributed by atoms with van der Waals surface area (Å²) in [4.78, 5) is 43.3. The van der Waals surface area contributed by atoms with E-state index in [1.165, 1.54) is 25.1 Å². The molecule has 0 aliphatic rings. The summed E-state index contributed by atoms with van der Waals surface area (Å²) < 4.78 is 4.75. The molecule has 0 saturated carbocycles. The molecule has 106 valence electrons. The third kappa shape index (κ3) is 4.05. The van der Waals surface area contributed by atoms with E-state index in [0.29, 0.717) is 0 Å². The molecule has 0 bridgehead atoms. The van der Waals surface area contributed by atoms with Crippen LogP contribution in [0.5, 0.6) is 0 Å². The van der Waals surface area contributed by atoms with Crippen molar-refractivity contribution < 1.29 is 24.0 Å². The Bertz CT molecular complexity index is 571. The Balaban J connectivity index is 2.76. The lowest BCUT2D eigenvalue weighted by molar-refractivity contribution is -0.384. The van der Waals surface area contributed by atoms with Gasteiger partial charge in [0.1, 0.15) is 0 Å². The highest BCUT2D eigenvalue weighted by Crippen LogP contribution is 2.14. The lowest BCUT2D eigenvalue weighted by Gasteiger charge is -2.11. The number of primary amides is 1. The third-order valence-electron chi connectivity index (χ3n) is 2.19. The van der Waals surface area contributed by atoms with Crippen LogP contribution in [0, 0.1) is 10.1 Å². The van der Waals surface area contributed by atoms with Gasteiger partial charge < -0.3 is 10.5 Å². The number of carbonyl (C=O) groups is 3. The Morgan fingerprint density at radius 3 is 2.60 bits per heavy atom. The van der Waals surface area contributed by atoms with Crippen molar-refractivity contribution in [2.75, 3.05) is 0 Å². The van der Waals surface area contributed by atoms with Crippen LogP contribution in [0.25, 0.3) is 0 Å². The SMILES string of the molecule is C[C@H](OC(=O)c1cccc([N+](=O)[O-])c1)C(=O)NC(N)=O. The fourth-order valence-electron chi connectivity index (χ4n) is 1.25. The quantitative estimate of drug-likeness (QED) is 0.462. The number of nitro benzene ring substituents is 1. The predicted molar refractivity (Wildman–Crippen MR) is 65.7 cm³/mol. The van der Waals surface area contributed by atoms with Gasteiger partial charge in [-0.2, -0.15) is 0 Å². The van der Waals surface area contributed by atoms with E-state index in [4.69, 9.17) is 10.5 Å². The average molecular weight is 281 g/mol. The maximum Gasteiger partial charge on any atom is 0.339 e. The van der Waals surface area contributed by atoms with Gasteiger partial charge >= 0.3 is 12.0 Å². The van der Waals surface area contributed by atoms with Crippen molar-refractivity contribution in [1.82, 2.24) is 5.32 Å². The number of nitro groups is 1. The molecule has 1 atom stereocenters. The number of benzene rings is 1. The molecule has 0 aliphatic heterocycles. The van der Waals surface area contributed by atoms with E-state index < -0.39 is 28.9 Å². The van der Waals surface area contributed by atoms with Crippen molar-refractivity contribution in [3.63, 3.8) is 0 Å². The van der Waals surface area contributed by atoms with Gasteiger partial charge in [-0.3, -0.25) is 20.2 Å². The molecular weight excluding hydrogens is 270 g/mol. The Labute approximate surface area is 112 Å². The maximum atomic E-state index is 11.7. The molecule has 3 amide bonds. The van der Waals surface area contributed by atoms with Crippen molar-refractivity contribution >= 4 is 23.6 Å². The van der Waals surface area contributed by atoms with E-state index in [1.54, 1.807) is 5.32 Å². The van der Waals surface area contributed by atoms with Gasteiger partial charge in [-0.15, -0.1) is 0 Å². The predicted octanol–water partition coefficient (Wildman–Crippen LogP) is 0.335. The lowest BCUT2D eigenvalue weighted by Crippen LogP contribution is -2.42. The molecule has 0 radical (unpaired) electrons. The summed E-state index contributed by atoms with van der Waals surface area (Å²) in [6.45, 7) is 1.23. The Hall–Kier alpha value is -2.97. The second kappa shape index (κ2) is 6.27. The van der Waals surface area contributed by atoms with Crippen LogP contribution in [0.2, 0.25) is 0 Å². The van der Waals surface area contributed by atoms with Crippen molar-refractivity contribution in [3.05, 3.63) is 39.9 Å². The number of esters is 1. The smallest absolute Gasteiger partial charge is 0.339 e. The first-order valence-electron chi connectivity index (χ1n) is 5.37. The summed E-state index contributed by atoms with van der Waals surface area (Å²) in [6.07, 6.45) is -1.27. The van der Waals surface area contributed by atoms with E-state index in [0.717, 1.165) is 6.07 Å². The zero-order valence-corrected chi connectivity index (χ0v) is 10.4. The van der Waals surface area contributed by atoms with E-state index in [2.05, 4.69) is 0 Å². The molecule has 0 aliphatic carbocycles. The molecule has 20 heavy (non-hydrogen) atoms. The number of amides is 3. The Morgan fingerprint density at radius 1 is 1.40 bits per heavy atom. The molecule has 9 heteroatoms. The topological polar surface area (TPSA) is 142 Å². The number of rotatable bonds is 4. The normalized spacial score (nSPS) is 11.2. The van der Waals surface area contributed by atoms with Gasteiger partial charge in [0, 0.05) is 12.1 Å². The van der Waals surface area contributed by atoms with Crippen LogP contribution in [-0.2, 0) is 9.53 Å². The molecule has 1 aromatic rings. The van der Waals surface area contributed by atoms with Crippen molar-refractivity contribution in [2.45, 2.75) is 13.0 Å². The number of nitrogens with zero attached hydrogens (tertiary/aromatic N) is 1.